The molecule has 4 rings (SSSR count). The summed E-state index contributed by atoms with van der Waals surface area (Å²) in [6, 6.07) is 11.3. The van der Waals surface area contributed by atoms with Crippen molar-refractivity contribution in [2.45, 2.75) is 19.9 Å². The highest BCUT2D eigenvalue weighted by Gasteiger charge is 2.48. The Morgan fingerprint density at radius 3 is 2.50 bits per heavy atom. The Kier molecular flexibility index (Phi) is 6.03. The summed E-state index contributed by atoms with van der Waals surface area (Å²) >= 11 is 13.8. The fourth-order valence-electron chi connectivity index (χ4n) is 3.94. The van der Waals surface area contributed by atoms with Crippen molar-refractivity contribution in [1.29, 1.82) is 0 Å². The predicted octanol–water partition coefficient (Wildman–Crippen LogP) is 6.31. The molecule has 0 spiro atoms. The minimum absolute atomic E-state index is 0.0215. The Hall–Kier alpha value is -2.80. The molecule has 1 atom stereocenters. The van der Waals surface area contributed by atoms with Crippen LogP contribution in [-0.4, -0.2) is 23.9 Å². The number of carbonyl (C=O) groups excluding carboxylic acids is 2. The van der Waals surface area contributed by atoms with Crippen molar-refractivity contribution in [3.05, 3.63) is 85.0 Å². The highest BCUT2D eigenvalue weighted by molar-refractivity contribution is 7.10. The Morgan fingerprint density at radius 2 is 1.88 bits per heavy atom. The molecule has 0 bridgehead atoms. The summed E-state index contributed by atoms with van der Waals surface area (Å²) in [4.78, 5) is 28.6. The number of aliphatic hydroxyl groups is 1. The van der Waals surface area contributed by atoms with Crippen LogP contribution in [0.5, 0.6) is 5.75 Å². The molecule has 1 fully saturated rings. The number of aryl methyl sites for hydroxylation is 2. The van der Waals surface area contributed by atoms with Gasteiger partial charge in [0.15, 0.2) is 0 Å². The standard InChI is InChI=1S/C24H19Cl2NO4S/c1-12-9-15(23(31-3)16(26)10-12)21(28)19-20(18-5-4-8-32-18)27(24(30)22(19)29)17-7-6-14(25)11-13(17)2/h4-11,20,28H,1-3H3/b21-19-. The number of halogens is 2. The normalized spacial score (nSPS) is 17.8. The third kappa shape index (κ3) is 3.68. The predicted molar refractivity (Wildman–Crippen MR) is 128 cm³/mol. The van der Waals surface area contributed by atoms with E-state index in [2.05, 4.69) is 0 Å². The lowest BCUT2D eigenvalue weighted by Gasteiger charge is -2.26. The zero-order valence-electron chi connectivity index (χ0n) is 17.5. The van der Waals surface area contributed by atoms with Crippen LogP contribution >= 0.6 is 34.5 Å². The van der Waals surface area contributed by atoms with Gasteiger partial charge in [-0.25, -0.2) is 0 Å². The molecule has 1 N–H and O–H groups in total. The Bertz CT molecular complexity index is 1270. The number of ketones is 1. The maximum atomic E-state index is 13.3. The molecule has 0 aliphatic carbocycles. The number of anilines is 1. The minimum Gasteiger partial charge on any atom is -0.507 e. The van der Waals surface area contributed by atoms with E-state index in [1.165, 1.54) is 23.3 Å². The van der Waals surface area contributed by atoms with Gasteiger partial charge in [-0.3, -0.25) is 14.5 Å². The van der Waals surface area contributed by atoms with E-state index in [1.54, 1.807) is 30.3 Å². The van der Waals surface area contributed by atoms with Crippen LogP contribution in [0.4, 0.5) is 5.69 Å². The molecule has 0 radical (unpaired) electrons. The van der Waals surface area contributed by atoms with E-state index in [0.717, 1.165) is 16.0 Å². The van der Waals surface area contributed by atoms with Gasteiger partial charge in [0.1, 0.15) is 17.6 Å². The lowest BCUT2D eigenvalue weighted by Crippen LogP contribution is -2.29. The topological polar surface area (TPSA) is 66.8 Å². The molecule has 0 saturated carbocycles. The average molecular weight is 488 g/mol. The molecule has 32 heavy (non-hydrogen) atoms. The smallest absolute Gasteiger partial charge is 0.300 e. The lowest BCUT2D eigenvalue weighted by molar-refractivity contribution is -0.132. The van der Waals surface area contributed by atoms with Crippen LogP contribution in [0.2, 0.25) is 10.0 Å². The fraction of sp³-hybridized carbons (Fsp3) is 0.167. The first-order valence-electron chi connectivity index (χ1n) is 9.69. The number of hydrogen-bond acceptors (Lipinski definition) is 5. The fourth-order valence-corrected chi connectivity index (χ4v) is 5.34. The zero-order chi connectivity index (χ0) is 23.2. The van der Waals surface area contributed by atoms with Gasteiger partial charge < -0.3 is 9.84 Å². The van der Waals surface area contributed by atoms with Crippen LogP contribution < -0.4 is 9.64 Å². The van der Waals surface area contributed by atoms with E-state index in [-0.39, 0.29) is 22.6 Å². The summed E-state index contributed by atoms with van der Waals surface area (Å²) < 4.78 is 5.40. The van der Waals surface area contributed by atoms with Crippen molar-refractivity contribution in [2.75, 3.05) is 12.0 Å². The van der Waals surface area contributed by atoms with Crippen molar-refractivity contribution >= 4 is 57.7 Å². The summed E-state index contributed by atoms with van der Waals surface area (Å²) in [5, 5.41) is 14.0. The molecule has 1 unspecified atom stereocenters. The molecule has 2 heterocycles. The van der Waals surface area contributed by atoms with Crippen LogP contribution in [0, 0.1) is 13.8 Å². The van der Waals surface area contributed by atoms with Crippen molar-refractivity contribution in [1.82, 2.24) is 0 Å². The number of methoxy groups -OCH3 is 1. The van der Waals surface area contributed by atoms with Gasteiger partial charge in [-0.1, -0.05) is 29.3 Å². The van der Waals surface area contributed by atoms with Crippen molar-refractivity contribution in [3.8, 4) is 5.75 Å². The van der Waals surface area contributed by atoms with Crippen molar-refractivity contribution in [3.63, 3.8) is 0 Å². The van der Waals surface area contributed by atoms with E-state index >= 15 is 0 Å². The van der Waals surface area contributed by atoms with E-state index in [0.29, 0.717) is 15.7 Å². The van der Waals surface area contributed by atoms with E-state index < -0.39 is 17.7 Å². The molecule has 8 heteroatoms. The van der Waals surface area contributed by atoms with Gasteiger partial charge in [-0.15, -0.1) is 11.3 Å². The van der Waals surface area contributed by atoms with Crippen LogP contribution in [0.3, 0.4) is 0 Å². The summed E-state index contributed by atoms with van der Waals surface area (Å²) in [5.41, 5.74) is 2.28. The molecule has 5 nitrogen and oxygen atoms in total. The molecule has 1 saturated heterocycles. The number of benzene rings is 2. The zero-order valence-corrected chi connectivity index (χ0v) is 19.8. The highest BCUT2D eigenvalue weighted by Crippen LogP contribution is 2.46. The molecular formula is C24H19Cl2NO4S. The van der Waals surface area contributed by atoms with Crippen LogP contribution in [0.1, 0.15) is 27.6 Å². The van der Waals surface area contributed by atoms with Gasteiger partial charge in [-0.2, -0.15) is 0 Å². The SMILES string of the molecule is COc1c(Cl)cc(C)cc1/C(O)=C1/C(=O)C(=O)N(c2ccc(Cl)cc2C)C1c1cccs1. The number of Topliss-reactive ketones (excluding diaryl/α,β-unsaturated/α-hetero) is 1. The Morgan fingerprint density at radius 1 is 1.12 bits per heavy atom. The van der Waals surface area contributed by atoms with Gasteiger partial charge in [0.25, 0.3) is 11.7 Å². The van der Waals surface area contributed by atoms with Gasteiger partial charge in [0, 0.05) is 15.6 Å². The number of carbonyl (C=O) groups is 2. The molecule has 2 aromatic carbocycles. The average Bonchev–Trinajstić information content (AvgIpc) is 3.35. The molecule has 1 aromatic heterocycles. The molecular weight excluding hydrogens is 469 g/mol. The monoisotopic (exact) mass is 487 g/mol. The molecule has 1 aliphatic rings. The maximum Gasteiger partial charge on any atom is 0.300 e. The first kappa shape index (κ1) is 22.4. The number of ether oxygens (including phenoxy) is 1. The second kappa shape index (κ2) is 8.62. The minimum atomic E-state index is -0.807. The van der Waals surface area contributed by atoms with Gasteiger partial charge in [0.05, 0.1) is 23.3 Å². The second-order valence-electron chi connectivity index (χ2n) is 7.44. The first-order chi connectivity index (χ1) is 15.2. The van der Waals surface area contributed by atoms with Crippen molar-refractivity contribution < 1.29 is 19.4 Å². The molecule has 164 valence electrons. The van der Waals surface area contributed by atoms with Gasteiger partial charge in [0.2, 0.25) is 0 Å². The van der Waals surface area contributed by atoms with Crippen molar-refractivity contribution in [2.24, 2.45) is 0 Å². The summed E-state index contributed by atoms with van der Waals surface area (Å²) in [7, 11) is 1.43. The van der Waals surface area contributed by atoms with E-state index in [4.69, 9.17) is 27.9 Å². The van der Waals surface area contributed by atoms with Gasteiger partial charge in [-0.05, 0) is 66.8 Å². The summed E-state index contributed by atoms with van der Waals surface area (Å²) in [5.74, 6) is -1.62. The van der Waals surface area contributed by atoms with E-state index in [1.807, 2.05) is 31.4 Å². The van der Waals surface area contributed by atoms with Crippen LogP contribution in [-0.2, 0) is 9.59 Å². The quantitative estimate of drug-likeness (QED) is 0.266. The number of rotatable bonds is 4. The number of aliphatic hydroxyl groups excluding tert-OH is 1. The molecule has 1 amide bonds. The molecule has 3 aromatic rings. The largest absolute Gasteiger partial charge is 0.507 e. The first-order valence-corrected chi connectivity index (χ1v) is 11.3. The van der Waals surface area contributed by atoms with Crippen LogP contribution in [0.15, 0.2) is 53.4 Å². The highest BCUT2D eigenvalue weighted by atomic mass is 35.5. The van der Waals surface area contributed by atoms with Gasteiger partial charge >= 0.3 is 0 Å². The van der Waals surface area contributed by atoms with Crippen LogP contribution in [0.25, 0.3) is 5.76 Å². The number of thiophene rings is 1. The summed E-state index contributed by atoms with van der Waals surface area (Å²) in [6.07, 6.45) is 0. The Balaban J connectivity index is 2.00. The third-order valence-electron chi connectivity index (χ3n) is 5.32. The third-order valence-corrected chi connectivity index (χ3v) is 6.76. The second-order valence-corrected chi connectivity index (χ2v) is 9.27. The summed E-state index contributed by atoms with van der Waals surface area (Å²) in [6.45, 7) is 3.63. The molecule has 1 aliphatic heterocycles. The number of amides is 1. The van der Waals surface area contributed by atoms with E-state index in [9.17, 15) is 14.7 Å². The Labute approximate surface area is 199 Å². The maximum absolute atomic E-state index is 13.3. The number of hydrogen-bond donors (Lipinski definition) is 1. The lowest BCUT2D eigenvalue weighted by atomic mass is 9.98. The number of nitrogens with zero attached hydrogens (tertiary/aromatic N) is 1.